The fourth-order valence-corrected chi connectivity index (χ4v) is 3.57. The van der Waals surface area contributed by atoms with Crippen LogP contribution in [0.1, 0.15) is 22.3 Å². The van der Waals surface area contributed by atoms with Gasteiger partial charge in [0.05, 0.1) is 5.56 Å². The number of rotatable bonds is 5. The van der Waals surface area contributed by atoms with Crippen molar-refractivity contribution in [3.05, 3.63) is 104 Å². The van der Waals surface area contributed by atoms with Gasteiger partial charge in [0.1, 0.15) is 11.6 Å². The van der Waals surface area contributed by atoms with Crippen LogP contribution in [0.15, 0.2) is 76.8 Å². The zero-order valence-electron chi connectivity index (χ0n) is 16.4. The lowest BCUT2D eigenvalue weighted by Crippen LogP contribution is -2.14. The molecule has 3 nitrogen and oxygen atoms in total. The normalized spacial score (nSPS) is 11.7. The third-order valence-corrected chi connectivity index (χ3v) is 5.42. The van der Waals surface area contributed by atoms with E-state index in [1.54, 1.807) is 12.1 Å². The molecular weight excluding hydrogens is 505 g/mol. The van der Waals surface area contributed by atoms with Crippen LogP contribution in [0.2, 0.25) is 5.02 Å². The maximum absolute atomic E-state index is 12.9. The number of halogens is 5. The lowest BCUT2D eigenvalue weighted by molar-refractivity contribution is -0.137. The lowest BCUT2D eigenvalue weighted by atomic mass is 9.98. The summed E-state index contributed by atoms with van der Waals surface area (Å²) in [5.74, 6) is -0.810. The highest BCUT2D eigenvalue weighted by Crippen LogP contribution is 2.31. The molecule has 0 radical (unpaired) electrons. The number of nitrogens with zero attached hydrogens (tertiary/aromatic N) is 1. The van der Waals surface area contributed by atoms with E-state index in [-0.39, 0.29) is 11.3 Å². The molecule has 0 saturated heterocycles. The largest absolute Gasteiger partial charge is 0.416 e. The van der Waals surface area contributed by atoms with Gasteiger partial charge < -0.3 is 5.32 Å². The molecule has 0 unspecified atom stereocenters. The quantitative estimate of drug-likeness (QED) is 0.285. The van der Waals surface area contributed by atoms with Crippen LogP contribution in [0.3, 0.4) is 0 Å². The SMILES string of the molecule is N#C/C(=C\c1cc(Br)ccc1Cc1ccccc1Cl)C(=O)Nc1cccc(C(F)(F)F)c1. The van der Waals surface area contributed by atoms with Crippen LogP contribution < -0.4 is 5.32 Å². The number of benzene rings is 3. The van der Waals surface area contributed by atoms with Crippen molar-refractivity contribution in [2.45, 2.75) is 12.6 Å². The van der Waals surface area contributed by atoms with Gasteiger partial charge in [-0.2, -0.15) is 18.4 Å². The molecule has 3 rings (SSSR count). The number of carbonyl (C=O) groups is 1. The Morgan fingerprint density at radius 2 is 1.81 bits per heavy atom. The molecule has 32 heavy (non-hydrogen) atoms. The summed E-state index contributed by atoms with van der Waals surface area (Å²) in [7, 11) is 0. The van der Waals surface area contributed by atoms with Gasteiger partial charge in [0.15, 0.2) is 0 Å². The number of amides is 1. The third kappa shape index (κ3) is 6.00. The Morgan fingerprint density at radius 3 is 2.50 bits per heavy atom. The van der Waals surface area contributed by atoms with E-state index in [9.17, 15) is 23.2 Å². The molecule has 0 fully saturated rings. The van der Waals surface area contributed by atoms with Gasteiger partial charge in [-0.3, -0.25) is 4.79 Å². The number of alkyl halides is 3. The minimum Gasteiger partial charge on any atom is -0.321 e. The highest BCUT2D eigenvalue weighted by Gasteiger charge is 2.30. The molecule has 1 amide bonds. The molecule has 162 valence electrons. The van der Waals surface area contributed by atoms with Crippen LogP contribution in [0.5, 0.6) is 0 Å². The van der Waals surface area contributed by atoms with Crippen molar-refractivity contribution in [3.63, 3.8) is 0 Å². The van der Waals surface area contributed by atoms with Crippen LogP contribution >= 0.6 is 27.5 Å². The zero-order valence-corrected chi connectivity index (χ0v) is 18.7. The van der Waals surface area contributed by atoms with Crippen LogP contribution in [0.25, 0.3) is 6.08 Å². The van der Waals surface area contributed by atoms with E-state index in [1.807, 2.05) is 36.4 Å². The second-order valence-electron chi connectivity index (χ2n) is 6.81. The molecule has 3 aromatic carbocycles. The Kier molecular flexibility index (Phi) is 7.39. The van der Waals surface area contributed by atoms with Crippen molar-refractivity contribution < 1.29 is 18.0 Å². The zero-order chi connectivity index (χ0) is 23.3. The molecule has 0 bridgehead atoms. The topological polar surface area (TPSA) is 52.9 Å². The van der Waals surface area contributed by atoms with Gasteiger partial charge in [0.2, 0.25) is 0 Å². The van der Waals surface area contributed by atoms with Gasteiger partial charge in [-0.15, -0.1) is 0 Å². The summed E-state index contributed by atoms with van der Waals surface area (Å²) in [5, 5.41) is 12.5. The molecule has 0 saturated carbocycles. The van der Waals surface area contributed by atoms with Gasteiger partial charge in [0, 0.05) is 15.2 Å². The molecule has 8 heteroatoms. The van der Waals surface area contributed by atoms with Gasteiger partial charge in [-0.25, -0.2) is 0 Å². The first-order valence-electron chi connectivity index (χ1n) is 9.29. The summed E-state index contributed by atoms with van der Waals surface area (Å²) < 4.78 is 39.5. The summed E-state index contributed by atoms with van der Waals surface area (Å²) in [6.07, 6.45) is -2.68. The summed E-state index contributed by atoms with van der Waals surface area (Å²) in [5.41, 5.74) is 1.10. The standard InChI is InChI=1S/C24H15BrClF3N2O/c25-20-9-8-15(10-16-4-1-2-7-22(16)26)17(12-20)11-18(14-30)23(32)31-21-6-3-5-19(13-21)24(27,28)29/h1-9,11-13H,10H2,(H,31,32)/b18-11+. The molecule has 3 aromatic rings. The summed E-state index contributed by atoms with van der Waals surface area (Å²) in [4.78, 5) is 12.6. The van der Waals surface area contributed by atoms with Gasteiger partial charge in [-0.05, 0) is 65.6 Å². The maximum Gasteiger partial charge on any atom is 0.416 e. The van der Waals surface area contributed by atoms with E-state index in [2.05, 4.69) is 21.2 Å². The van der Waals surface area contributed by atoms with Crippen molar-refractivity contribution in [2.24, 2.45) is 0 Å². The maximum atomic E-state index is 12.9. The molecule has 0 atom stereocenters. The monoisotopic (exact) mass is 518 g/mol. The predicted octanol–water partition coefficient (Wildman–Crippen LogP) is 7.26. The van der Waals surface area contributed by atoms with E-state index in [0.29, 0.717) is 17.0 Å². The van der Waals surface area contributed by atoms with Gasteiger partial charge in [-0.1, -0.05) is 57.9 Å². The highest BCUT2D eigenvalue weighted by molar-refractivity contribution is 9.10. The number of nitrogens with one attached hydrogen (secondary N) is 1. The Bertz CT molecular complexity index is 1230. The van der Waals surface area contributed by atoms with Gasteiger partial charge in [0.25, 0.3) is 5.91 Å². The average molecular weight is 520 g/mol. The average Bonchev–Trinajstić information content (AvgIpc) is 2.74. The molecule has 0 aliphatic heterocycles. The minimum absolute atomic E-state index is 0.0588. The molecule has 0 heterocycles. The fraction of sp³-hybridized carbons (Fsp3) is 0.0833. The summed E-state index contributed by atoms with van der Waals surface area (Å²) in [6.45, 7) is 0. The Morgan fingerprint density at radius 1 is 1.06 bits per heavy atom. The second kappa shape index (κ2) is 10.0. The number of anilines is 1. The summed E-state index contributed by atoms with van der Waals surface area (Å²) >= 11 is 9.64. The molecule has 1 N–H and O–H groups in total. The summed E-state index contributed by atoms with van der Waals surface area (Å²) in [6, 6.07) is 18.8. The van der Waals surface area contributed by atoms with Crippen molar-refractivity contribution in [1.29, 1.82) is 5.26 Å². The van der Waals surface area contributed by atoms with E-state index in [0.717, 1.165) is 27.7 Å². The van der Waals surface area contributed by atoms with Crippen molar-refractivity contribution in [1.82, 2.24) is 0 Å². The number of hydrogen-bond donors (Lipinski definition) is 1. The van der Waals surface area contributed by atoms with Crippen LogP contribution in [0.4, 0.5) is 18.9 Å². The van der Waals surface area contributed by atoms with E-state index < -0.39 is 17.6 Å². The first-order chi connectivity index (χ1) is 15.2. The first kappa shape index (κ1) is 23.6. The van der Waals surface area contributed by atoms with Crippen LogP contribution in [0, 0.1) is 11.3 Å². The molecular formula is C24H15BrClF3N2O. The van der Waals surface area contributed by atoms with Crippen LogP contribution in [-0.2, 0) is 17.4 Å². The van der Waals surface area contributed by atoms with Gasteiger partial charge >= 0.3 is 6.18 Å². The Balaban J connectivity index is 1.91. The number of carbonyl (C=O) groups excluding carboxylic acids is 1. The predicted molar refractivity (Wildman–Crippen MR) is 122 cm³/mol. The van der Waals surface area contributed by atoms with E-state index in [4.69, 9.17) is 11.6 Å². The third-order valence-electron chi connectivity index (χ3n) is 4.56. The Hall–Kier alpha value is -3.08. The molecule has 0 spiro atoms. The fourth-order valence-electron chi connectivity index (χ4n) is 2.98. The minimum atomic E-state index is -4.54. The Labute approximate surface area is 196 Å². The van der Waals surface area contributed by atoms with E-state index in [1.165, 1.54) is 18.2 Å². The van der Waals surface area contributed by atoms with Crippen molar-refractivity contribution in [3.8, 4) is 6.07 Å². The van der Waals surface area contributed by atoms with Crippen molar-refractivity contribution in [2.75, 3.05) is 5.32 Å². The highest BCUT2D eigenvalue weighted by atomic mass is 79.9. The molecule has 0 aliphatic carbocycles. The van der Waals surface area contributed by atoms with Crippen molar-refractivity contribution >= 4 is 45.2 Å². The van der Waals surface area contributed by atoms with Crippen LogP contribution in [-0.4, -0.2) is 5.91 Å². The lowest BCUT2D eigenvalue weighted by Gasteiger charge is -2.11. The number of nitriles is 1. The first-order valence-corrected chi connectivity index (χ1v) is 10.5. The second-order valence-corrected chi connectivity index (χ2v) is 8.14. The number of hydrogen-bond acceptors (Lipinski definition) is 2. The van der Waals surface area contributed by atoms with E-state index >= 15 is 0 Å². The smallest absolute Gasteiger partial charge is 0.321 e. The molecule has 0 aliphatic rings. The molecule has 0 aromatic heterocycles.